The number of rotatable bonds is 10. The first-order valence-electron chi connectivity index (χ1n) is 9.67. The van der Waals surface area contributed by atoms with Gasteiger partial charge < -0.3 is 5.32 Å². The van der Waals surface area contributed by atoms with Crippen LogP contribution in [-0.2, 0) is 9.78 Å². The predicted octanol–water partition coefficient (Wildman–Crippen LogP) is 3.73. The molecule has 0 radical (unpaired) electrons. The van der Waals surface area contributed by atoms with Crippen LogP contribution in [-0.4, -0.2) is 30.6 Å². The number of hydrogen-bond acceptors (Lipinski definition) is 5. The highest BCUT2D eigenvalue weighted by molar-refractivity contribution is 5.95. The lowest BCUT2D eigenvalue weighted by Crippen LogP contribution is -2.31. The van der Waals surface area contributed by atoms with E-state index in [2.05, 4.69) is 23.3 Å². The number of nitriles is 1. The van der Waals surface area contributed by atoms with E-state index in [1.165, 1.54) is 12.8 Å². The Morgan fingerprint density at radius 1 is 1.25 bits per heavy atom. The SMILES string of the molecule is CCC(CNC(=O)c1cncc(-c2ccc(C#N)cc2)c1)COOCC1CC1. The Labute approximate surface area is 165 Å². The molecule has 0 spiro atoms. The average Bonchev–Trinajstić information content (AvgIpc) is 3.57. The molecule has 28 heavy (non-hydrogen) atoms. The minimum Gasteiger partial charge on any atom is -0.352 e. The van der Waals surface area contributed by atoms with Crippen LogP contribution in [0.3, 0.4) is 0 Å². The number of aromatic nitrogens is 1. The summed E-state index contributed by atoms with van der Waals surface area (Å²) in [6.45, 7) is 3.71. The molecule has 1 aromatic heterocycles. The minimum atomic E-state index is -0.166. The zero-order valence-corrected chi connectivity index (χ0v) is 16.1. The molecule has 1 fully saturated rings. The molecule has 1 heterocycles. The number of amides is 1. The summed E-state index contributed by atoms with van der Waals surface area (Å²) in [6, 6.07) is 11.1. The molecule has 2 aromatic rings. The normalized spacial score (nSPS) is 14.3. The van der Waals surface area contributed by atoms with Crippen molar-refractivity contribution >= 4 is 5.91 Å². The third-order valence-electron chi connectivity index (χ3n) is 4.86. The molecule has 1 unspecified atom stereocenters. The predicted molar refractivity (Wildman–Crippen MR) is 105 cm³/mol. The second-order valence-electron chi connectivity index (χ2n) is 7.15. The van der Waals surface area contributed by atoms with Crippen molar-refractivity contribution in [1.82, 2.24) is 10.3 Å². The maximum absolute atomic E-state index is 12.5. The number of nitrogens with zero attached hydrogens (tertiary/aromatic N) is 2. The number of benzene rings is 1. The van der Waals surface area contributed by atoms with Gasteiger partial charge in [0.2, 0.25) is 0 Å². The van der Waals surface area contributed by atoms with Crippen LogP contribution < -0.4 is 5.32 Å². The smallest absolute Gasteiger partial charge is 0.252 e. The Hall–Kier alpha value is -2.75. The van der Waals surface area contributed by atoms with Crippen molar-refractivity contribution in [2.75, 3.05) is 19.8 Å². The van der Waals surface area contributed by atoms with E-state index >= 15 is 0 Å². The fraction of sp³-hybridized carbons (Fsp3) is 0.409. The summed E-state index contributed by atoms with van der Waals surface area (Å²) in [4.78, 5) is 27.2. The molecule has 0 saturated heterocycles. The van der Waals surface area contributed by atoms with Gasteiger partial charge >= 0.3 is 0 Å². The van der Waals surface area contributed by atoms with Gasteiger partial charge in [0.1, 0.15) is 0 Å². The molecule has 1 amide bonds. The van der Waals surface area contributed by atoms with Crippen LogP contribution in [0.15, 0.2) is 42.7 Å². The van der Waals surface area contributed by atoms with Gasteiger partial charge in [0.05, 0.1) is 30.4 Å². The van der Waals surface area contributed by atoms with E-state index in [0.717, 1.165) is 17.5 Å². The van der Waals surface area contributed by atoms with E-state index in [-0.39, 0.29) is 11.8 Å². The van der Waals surface area contributed by atoms with Crippen molar-refractivity contribution in [3.8, 4) is 17.2 Å². The first-order valence-corrected chi connectivity index (χ1v) is 9.67. The summed E-state index contributed by atoms with van der Waals surface area (Å²) >= 11 is 0. The Morgan fingerprint density at radius 2 is 2.04 bits per heavy atom. The highest BCUT2D eigenvalue weighted by Gasteiger charge is 2.22. The zero-order chi connectivity index (χ0) is 19.8. The molecule has 1 aromatic carbocycles. The summed E-state index contributed by atoms with van der Waals surface area (Å²) < 4.78 is 0. The van der Waals surface area contributed by atoms with E-state index in [1.807, 2.05) is 12.1 Å². The molecule has 1 aliphatic rings. The summed E-state index contributed by atoms with van der Waals surface area (Å²) in [7, 11) is 0. The average molecular weight is 379 g/mol. The number of carbonyl (C=O) groups excluding carboxylic acids is 1. The number of hydrogen-bond donors (Lipinski definition) is 1. The second kappa shape index (κ2) is 9.98. The van der Waals surface area contributed by atoms with Crippen molar-refractivity contribution in [3.63, 3.8) is 0 Å². The van der Waals surface area contributed by atoms with Gasteiger partial charge in [-0.1, -0.05) is 19.1 Å². The van der Waals surface area contributed by atoms with Crippen molar-refractivity contribution in [2.24, 2.45) is 11.8 Å². The summed E-state index contributed by atoms with van der Waals surface area (Å²) in [6.07, 6.45) is 6.60. The van der Waals surface area contributed by atoms with Crippen molar-refractivity contribution < 1.29 is 14.6 Å². The molecule has 0 aliphatic heterocycles. The van der Waals surface area contributed by atoms with Crippen LogP contribution in [0.2, 0.25) is 0 Å². The first kappa shape index (κ1) is 20.0. The van der Waals surface area contributed by atoms with Crippen molar-refractivity contribution in [3.05, 3.63) is 53.9 Å². The Balaban J connectivity index is 1.52. The van der Waals surface area contributed by atoms with E-state index in [0.29, 0.717) is 36.8 Å². The van der Waals surface area contributed by atoms with E-state index < -0.39 is 0 Å². The Kier molecular flexibility index (Phi) is 7.12. The molecule has 6 heteroatoms. The van der Waals surface area contributed by atoms with Gasteiger partial charge in [0, 0.05) is 30.4 Å². The van der Waals surface area contributed by atoms with Crippen LogP contribution in [0.1, 0.15) is 42.1 Å². The van der Waals surface area contributed by atoms with Crippen LogP contribution in [0.4, 0.5) is 0 Å². The quantitative estimate of drug-likeness (QED) is 0.386. The van der Waals surface area contributed by atoms with Gasteiger partial charge in [0.25, 0.3) is 5.91 Å². The highest BCUT2D eigenvalue weighted by atomic mass is 17.2. The standard InChI is InChI=1S/C22H25N3O3/c1-2-16(14-27-28-15-18-3-4-18)11-25-22(26)21-9-20(12-24-13-21)19-7-5-17(10-23)6-8-19/h5-9,12-13,16,18H,2-4,11,14-15H2,1H3,(H,25,26). The van der Waals surface area contributed by atoms with Gasteiger partial charge in [-0.2, -0.15) is 5.26 Å². The minimum absolute atomic E-state index is 0.166. The number of nitrogens with one attached hydrogen (secondary N) is 1. The van der Waals surface area contributed by atoms with E-state index in [4.69, 9.17) is 15.0 Å². The number of carbonyl (C=O) groups is 1. The molecule has 1 atom stereocenters. The maximum Gasteiger partial charge on any atom is 0.252 e. The Morgan fingerprint density at radius 3 is 2.71 bits per heavy atom. The van der Waals surface area contributed by atoms with Gasteiger partial charge in [-0.05, 0) is 48.9 Å². The zero-order valence-electron chi connectivity index (χ0n) is 16.1. The van der Waals surface area contributed by atoms with Gasteiger partial charge in [0.15, 0.2) is 0 Å². The molecule has 1 saturated carbocycles. The lowest BCUT2D eigenvalue weighted by atomic mass is 10.0. The third kappa shape index (κ3) is 5.88. The van der Waals surface area contributed by atoms with Crippen molar-refractivity contribution in [1.29, 1.82) is 5.26 Å². The van der Waals surface area contributed by atoms with Gasteiger partial charge in [-0.3, -0.25) is 9.78 Å². The summed E-state index contributed by atoms with van der Waals surface area (Å²) in [5.41, 5.74) is 2.84. The lowest BCUT2D eigenvalue weighted by Gasteiger charge is -2.15. The van der Waals surface area contributed by atoms with Gasteiger partial charge in [-0.25, -0.2) is 9.78 Å². The Bertz CT molecular complexity index is 826. The van der Waals surface area contributed by atoms with Crippen LogP contribution in [0.25, 0.3) is 11.1 Å². The molecule has 146 valence electrons. The number of pyridine rings is 1. The van der Waals surface area contributed by atoms with Gasteiger partial charge in [-0.15, -0.1) is 0 Å². The molecule has 0 bridgehead atoms. The lowest BCUT2D eigenvalue weighted by molar-refractivity contribution is -0.303. The maximum atomic E-state index is 12.5. The highest BCUT2D eigenvalue weighted by Crippen LogP contribution is 2.28. The topological polar surface area (TPSA) is 84.2 Å². The monoisotopic (exact) mass is 379 g/mol. The van der Waals surface area contributed by atoms with Crippen LogP contribution >= 0.6 is 0 Å². The first-order chi connectivity index (χ1) is 13.7. The molecule has 3 rings (SSSR count). The van der Waals surface area contributed by atoms with E-state index in [9.17, 15) is 4.79 Å². The van der Waals surface area contributed by atoms with E-state index in [1.54, 1.807) is 30.6 Å². The fourth-order valence-corrected chi connectivity index (χ4v) is 2.69. The molecule has 1 N–H and O–H groups in total. The molecule has 6 nitrogen and oxygen atoms in total. The molecular weight excluding hydrogens is 354 g/mol. The van der Waals surface area contributed by atoms with Crippen LogP contribution in [0.5, 0.6) is 0 Å². The largest absolute Gasteiger partial charge is 0.352 e. The fourth-order valence-electron chi connectivity index (χ4n) is 2.69. The second-order valence-corrected chi connectivity index (χ2v) is 7.15. The third-order valence-corrected chi connectivity index (χ3v) is 4.86. The van der Waals surface area contributed by atoms with Crippen molar-refractivity contribution in [2.45, 2.75) is 26.2 Å². The van der Waals surface area contributed by atoms with Crippen LogP contribution in [0, 0.1) is 23.2 Å². The molecule has 1 aliphatic carbocycles. The summed E-state index contributed by atoms with van der Waals surface area (Å²) in [5.74, 6) is 0.689. The molecular formula is C22H25N3O3. The summed E-state index contributed by atoms with van der Waals surface area (Å²) in [5, 5.41) is 11.9.